The van der Waals surface area contributed by atoms with E-state index in [-0.39, 0.29) is 0 Å². The molecule has 0 aromatic carbocycles. The van der Waals surface area contributed by atoms with Crippen LogP contribution in [-0.2, 0) is 9.47 Å². The third-order valence-corrected chi connectivity index (χ3v) is 1.33. The Morgan fingerprint density at radius 3 is 2.91 bits per heavy atom. The van der Waals surface area contributed by atoms with E-state index in [0.717, 1.165) is 0 Å². The molecular weight excluding hydrogens is 146 g/mol. The molecule has 1 unspecified atom stereocenters. The van der Waals surface area contributed by atoms with E-state index in [2.05, 4.69) is 10.3 Å². The predicted octanol–water partition coefficient (Wildman–Crippen LogP) is -0.635. The van der Waals surface area contributed by atoms with Gasteiger partial charge in [-0.15, -0.1) is 0 Å². The predicted molar refractivity (Wildman–Crippen MR) is 40.6 cm³/mol. The minimum atomic E-state index is -1.18. The zero-order valence-corrected chi connectivity index (χ0v) is 6.50. The van der Waals surface area contributed by atoms with Crippen LogP contribution < -0.4 is 11.1 Å². The third-order valence-electron chi connectivity index (χ3n) is 1.33. The summed E-state index contributed by atoms with van der Waals surface area (Å²) in [7, 11) is 3.00. The lowest BCUT2D eigenvalue weighted by Gasteiger charge is -2.27. The number of hydrogen-bond acceptors (Lipinski definition) is 5. The summed E-state index contributed by atoms with van der Waals surface area (Å²) in [5.41, 5.74) is 5.57. The molecule has 0 aromatic rings. The highest BCUT2D eigenvalue weighted by Gasteiger charge is 2.25. The second-order valence-electron chi connectivity index (χ2n) is 2.04. The molecule has 0 spiro atoms. The van der Waals surface area contributed by atoms with E-state index in [0.29, 0.717) is 5.88 Å². The molecule has 3 N–H and O–H groups in total. The highest BCUT2D eigenvalue weighted by atomic mass is 16.5. The maximum atomic E-state index is 5.57. The summed E-state index contributed by atoms with van der Waals surface area (Å²) >= 11 is 0. The molecule has 62 valence electrons. The van der Waals surface area contributed by atoms with Gasteiger partial charge in [0.2, 0.25) is 0 Å². The molecular formula is C6H11N3O2. The summed E-state index contributed by atoms with van der Waals surface area (Å²) in [5.74, 6) is -0.649. The van der Waals surface area contributed by atoms with Gasteiger partial charge in [0.25, 0.3) is 5.97 Å². The summed E-state index contributed by atoms with van der Waals surface area (Å²) in [5, 5.41) is 2.73. The first-order chi connectivity index (χ1) is 5.20. The van der Waals surface area contributed by atoms with Crippen molar-refractivity contribution in [3.05, 3.63) is 12.0 Å². The highest BCUT2D eigenvalue weighted by molar-refractivity contribution is 5.72. The number of hydrogen-bond donors (Lipinski definition) is 2. The van der Waals surface area contributed by atoms with Gasteiger partial charge in [-0.3, -0.25) is 11.1 Å². The van der Waals surface area contributed by atoms with Crippen molar-refractivity contribution in [1.82, 2.24) is 5.32 Å². The molecule has 0 aromatic heterocycles. The lowest BCUT2D eigenvalue weighted by Crippen LogP contribution is -2.54. The second kappa shape index (κ2) is 2.89. The molecule has 11 heavy (non-hydrogen) atoms. The molecule has 0 aliphatic carbocycles. The largest absolute Gasteiger partial charge is 0.482 e. The van der Waals surface area contributed by atoms with Crippen molar-refractivity contribution in [2.75, 3.05) is 14.2 Å². The van der Waals surface area contributed by atoms with Crippen molar-refractivity contribution in [2.45, 2.75) is 5.97 Å². The zero-order chi connectivity index (χ0) is 8.32. The molecule has 1 aliphatic heterocycles. The smallest absolute Gasteiger partial charge is 0.299 e. The van der Waals surface area contributed by atoms with E-state index in [1.165, 1.54) is 20.4 Å². The average molecular weight is 157 g/mol. The van der Waals surface area contributed by atoms with Crippen LogP contribution in [0.4, 0.5) is 0 Å². The number of methoxy groups -OCH3 is 2. The Kier molecular flexibility index (Phi) is 2.11. The van der Waals surface area contributed by atoms with E-state index >= 15 is 0 Å². The molecule has 5 nitrogen and oxygen atoms in total. The molecule has 1 heterocycles. The normalized spacial score (nSPS) is 29.2. The molecule has 0 bridgehead atoms. The number of aliphatic imine (C=N–C) groups is 1. The van der Waals surface area contributed by atoms with E-state index in [9.17, 15) is 0 Å². The van der Waals surface area contributed by atoms with E-state index in [1.807, 2.05) is 0 Å². The van der Waals surface area contributed by atoms with Crippen LogP contribution in [0.1, 0.15) is 0 Å². The van der Waals surface area contributed by atoms with Crippen molar-refractivity contribution in [1.29, 1.82) is 0 Å². The van der Waals surface area contributed by atoms with E-state index < -0.39 is 5.97 Å². The quantitative estimate of drug-likeness (QED) is 0.523. The topological polar surface area (TPSA) is 68.9 Å². The molecule has 5 heteroatoms. The number of rotatable bonds is 2. The van der Waals surface area contributed by atoms with Crippen molar-refractivity contribution in [3.63, 3.8) is 0 Å². The molecule has 0 saturated carbocycles. The molecule has 0 saturated heterocycles. The first-order valence-electron chi connectivity index (χ1n) is 3.12. The van der Waals surface area contributed by atoms with Gasteiger partial charge in [0.15, 0.2) is 5.88 Å². The Morgan fingerprint density at radius 2 is 2.36 bits per heavy atom. The standard InChI is InChI=1S/C6H11N3O2/c1-10-5-3-4-8-6(7,9-5)11-2/h3-4,9H,7H2,1-2H3. The third kappa shape index (κ3) is 1.69. The Balaban J connectivity index is 2.68. The number of ether oxygens (including phenoxy) is 2. The minimum absolute atomic E-state index is 0.532. The van der Waals surface area contributed by atoms with Gasteiger partial charge in [-0.05, 0) is 0 Å². The van der Waals surface area contributed by atoms with Crippen molar-refractivity contribution >= 4 is 6.21 Å². The summed E-state index contributed by atoms with van der Waals surface area (Å²) < 4.78 is 9.75. The Morgan fingerprint density at radius 1 is 1.64 bits per heavy atom. The Bertz CT molecular complexity index is 202. The molecule has 0 amide bonds. The zero-order valence-electron chi connectivity index (χ0n) is 6.50. The highest BCUT2D eigenvalue weighted by Crippen LogP contribution is 2.06. The fourth-order valence-corrected chi connectivity index (χ4v) is 0.689. The molecule has 1 atom stereocenters. The maximum Gasteiger partial charge on any atom is 0.299 e. The summed E-state index contributed by atoms with van der Waals surface area (Å²) in [6.45, 7) is 0. The van der Waals surface area contributed by atoms with Crippen LogP contribution in [0.3, 0.4) is 0 Å². The van der Waals surface area contributed by atoms with Crippen molar-refractivity contribution in [3.8, 4) is 0 Å². The second-order valence-corrected chi connectivity index (χ2v) is 2.04. The van der Waals surface area contributed by atoms with Crippen LogP contribution in [0, 0.1) is 0 Å². The number of nitrogens with zero attached hydrogens (tertiary/aromatic N) is 1. The van der Waals surface area contributed by atoms with Crippen LogP contribution in [0.5, 0.6) is 0 Å². The van der Waals surface area contributed by atoms with Crippen LogP contribution in [-0.4, -0.2) is 26.4 Å². The Hall–Kier alpha value is -1.07. The number of nitrogens with one attached hydrogen (secondary N) is 1. The number of allylic oxidation sites excluding steroid dienone is 1. The van der Waals surface area contributed by atoms with Gasteiger partial charge in [-0.25, -0.2) is 4.99 Å². The number of nitrogens with two attached hydrogens (primary N) is 1. The minimum Gasteiger partial charge on any atom is -0.482 e. The van der Waals surface area contributed by atoms with E-state index in [1.54, 1.807) is 6.08 Å². The summed E-state index contributed by atoms with van der Waals surface area (Å²) in [4.78, 5) is 3.84. The molecule has 0 fully saturated rings. The van der Waals surface area contributed by atoms with Crippen LogP contribution in [0.15, 0.2) is 17.0 Å². The molecule has 1 rings (SSSR count). The average Bonchev–Trinajstić information content (AvgIpc) is 2.05. The Labute approximate surface area is 64.9 Å². The van der Waals surface area contributed by atoms with Gasteiger partial charge in [0.05, 0.1) is 7.11 Å². The van der Waals surface area contributed by atoms with Crippen LogP contribution in [0.2, 0.25) is 0 Å². The fourth-order valence-electron chi connectivity index (χ4n) is 0.689. The van der Waals surface area contributed by atoms with Gasteiger partial charge < -0.3 is 9.47 Å². The lowest BCUT2D eigenvalue weighted by molar-refractivity contribution is -0.0318. The van der Waals surface area contributed by atoms with Crippen LogP contribution in [0.25, 0.3) is 0 Å². The van der Waals surface area contributed by atoms with Crippen molar-refractivity contribution < 1.29 is 9.47 Å². The monoisotopic (exact) mass is 157 g/mol. The van der Waals surface area contributed by atoms with Crippen molar-refractivity contribution in [2.24, 2.45) is 10.7 Å². The molecule has 0 radical (unpaired) electrons. The summed E-state index contributed by atoms with van der Waals surface area (Å²) in [6, 6.07) is 0. The SMILES string of the molecule is COC1=CC=NC(N)(OC)N1. The maximum absolute atomic E-state index is 5.57. The lowest BCUT2D eigenvalue weighted by atomic mass is 10.5. The first-order valence-corrected chi connectivity index (χ1v) is 3.12. The summed E-state index contributed by atoms with van der Waals surface area (Å²) in [6.07, 6.45) is 3.18. The van der Waals surface area contributed by atoms with Gasteiger partial charge in [-0.1, -0.05) is 0 Å². The van der Waals surface area contributed by atoms with Gasteiger partial charge in [0.1, 0.15) is 0 Å². The van der Waals surface area contributed by atoms with Gasteiger partial charge in [0, 0.05) is 19.4 Å². The van der Waals surface area contributed by atoms with Crippen LogP contribution >= 0.6 is 0 Å². The fraction of sp³-hybridized carbons (Fsp3) is 0.500. The molecule has 1 aliphatic rings. The van der Waals surface area contributed by atoms with Gasteiger partial charge in [-0.2, -0.15) is 0 Å². The van der Waals surface area contributed by atoms with E-state index in [4.69, 9.17) is 15.2 Å². The van der Waals surface area contributed by atoms with Gasteiger partial charge >= 0.3 is 0 Å². The first kappa shape index (κ1) is 8.03.